The first-order valence-electron chi connectivity index (χ1n) is 9.80. The number of para-hydroxylation sites is 3. The molecule has 5 heteroatoms. The van der Waals surface area contributed by atoms with Crippen molar-refractivity contribution < 1.29 is 4.79 Å². The Morgan fingerprint density at radius 3 is 2.68 bits per heavy atom. The number of hydrogen-bond acceptors (Lipinski definition) is 2. The van der Waals surface area contributed by atoms with Gasteiger partial charge in [-0.2, -0.15) is 0 Å². The average Bonchev–Trinajstić information content (AvgIpc) is 3.25. The Morgan fingerprint density at radius 1 is 1.14 bits per heavy atom. The van der Waals surface area contributed by atoms with Gasteiger partial charge in [0.15, 0.2) is 0 Å². The highest BCUT2D eigenvalue weighted by Gasteiger charge is 2.22. The molecule has 1 atom stereocenters. The van der Waals surface area contributed by atoms with E-state index in [0.29, 0.717) is 6.42 Å². The molecular formula is C23H26N4O. The normalized spacial score (nSPS) is 12.7. The highest BCUT2D eigenvalue weighted by Crippen LogP contribution is 2.24. The molecule has 28 heavy (non-hydrogen) atoms. The van der Waals surface area contributed by atoms with Gasteiger partial charge in [-0.15, -0.1) is 0 Å². The zero-order chi connectivity index (χ0) is 19.7. The van der Waals surface area contributed by atoms with Crippen molar-refractivity contribution in [1.29, 1.82) is 0 Å². The molecule has 2 heterocycles. The number of H-pyrrole nitrogens is 1. The number of nitrogens with one attached hydrogen (secondary N) is 2. The van der Waals surface area contributed by atoms with E-state index >= 15 is 0 Å². The Labute approximate surface area is 164 Å². The van der Waals surface area contributed by atoms with Gasteiger partial charge in [0.1, 0.15) is 5.82 Å². The number of carbonyl (C=O) groups is 1. The third-order valence-electron chi connectivity index (χ3n) is 5.29. The fraction of sp³-hybridized carbons (Fsp3) is 0.304. The standard InChI is InChI=1S/C23H26N4O/c1-15(2)22(23-24-18-9-5-6-10-19(18)25-23)26-21(28)13-12-16-14-27(3)20-11-7-4-8-17(16)20/h4-11,14-15,22H,12-13H2,1-3H3,(H,24,25)(H,26,28)/t22-/m0/s1. The van der Waals surface area contributed by atoms with Crippen molar-refractivity contribution in [3.8, 4) is 0 Å². The summed E-state index contributed by atoms with van der Waals surface area (Å²) in [4.78, 5) is 20.7. The molecule has 2 aromatic heterocycles. The molecule has 0 saturated heterocycles. The van der Waals surface area contributed by atoms with E-state index in [9.17, 15) is 4.79 Å². The number of imidazole rings is 1. The van der Waals surface area contributed by atoms with Gasteiger partial charge in [0, 0.05) is 30.6 Å². The van der Waals surface area contributed by atoms with E-state index in [1.807, 2.05) is 43.4 Å². The van der Waals surface area contributed by atoms with E-state index in [1.165, 1.54) is 16.5 Å². The predicted octanol–water partition coefficient (Wildman–Crippen LogP) is 4.50. The molecule has 0 aliphatic heterocycles. The van der Waals surface area contributed by atoms with Gasteiger partial charge in [-0.05, 0) is 36.1 Å². The van der Waals surface area contributed by atoms with E-state index in [0.717, 1.165) is 23.3 Å². The molecule has 0 aliphatic carbocycles. The van der Waals surface area contributed by atoms with Gasteiger partial charge in [0.05, 0.1) is 17.1 Å². The number of carbonyl (C=O) groups excluding carboxylic acids is 1. The summed E-state index contributed by atoms with van der Waals surface area (Å²) in [5, 5.41) is 4.40. The lowest BCUT2D eigenvalue weighted by molar-refractivity contribution is -0.122. The smallest absolute Gasteiger partial charge is 0.220 e. The molecule has 0 unspecified atom stereocenters. The van der Waals surface area contributed by atoms with Crippen LogP contribution in [-0.2, 0) is 18.3 Å². The molecule has 1 amide bonds. The molecule has 0 saturated carbocycles. The SMILES string of the molecule is CC(C)[C@H](NC(=O)CCc1cn(C)c2ccccc12)c1nc2ccccc2[nH]1. The lowest BCUT2D eigenvalue weighted by Crippen LogP contribution is -2.32. The molecular weight excluding hydrogens is 348 g/mol. The van der Waals surface area contributed by atoms with E-state index in [2.05, 4.69) is 52.0 Å². The summed E-state index contributed by atoms with van der Waals surface area (Å²) in [6.07, 6.45) is 3.30. The van der Waals surface area contributed by atoms with Gasteiger partial charge in [-0.1, -0.05) is 44.2 Å². The Morgan fingerprint density at radius 2 is 1.89 bits per heavy atom. The second kappa shape index (κ2) is 7.50. The topological polar surface area (TPSA) is 62.7 Å². The van der Waals surface area contributed by atoms with E-state index in [4.69, 9.17) is 0 Å². The minimum absolute atomic E-state index is 0.0482. The first-order valence-corrected chi connectivity index (χ1v) is 9.80. The highest BCUT2D eigenvalue weighted by atomic mass is 16.1. The third-order valence-corrected chi connectivity index (χ3v) is 5.29. The van der Waals surface area contributed by atoms with Crippen molar-refractivity contribution in [3.05, 3.63) is 66.1 Å². The Kier molecular flexibility index (Phi) is 4.90. The van der Waals surface area contributed by atoms with E-state index in [-0.39, 0.29) is 17.9 Å². The number of fused-ring (bicyclic) bond motifs is 2. The van der Waals surface area contributed by atoms with Gasteiger partial charge < -0.3 is 14.9 Å². The second-order valence-corrected chi connectivity index (χ2v) is 7.71. The van der Waals surface area contributed by atoms with Crippen LogP contribution in [0.5, 0.6) is 0 Å². The van der Waals surface area contributed by atoms with Crippen molar-refractivity contribution in [2.45, 2.75) is 32.7 Å². The molecule has 0 fully saturated rings. The number of nitrogens with zero attached hydrogens (tertiary/aromatic N) is 2. The van der Waals surface area contributed by atoms with Crippen molar-refractivity contribution in [2.24, 2.45) is 13.0 Å². The summed E-state index contributed by atoms with van der Waals surface area (Å²) >= 11 is 0. The van der Waals surface area contributed by atoms with Crippen LogP contribution in [0, 0.1) is 5.92 Å². The minimum Gasteiger partial charge on any atom is -0.350 e. The van der Waals surface area contributed by atoms with Gasteiger partial charge in [0.2, 0.25) is 5.91 Å². The van der Waals surface area contributed by atoms with Crippen LogP contribution in [0.2, 0.25) is 0 Å². The van der Waals surface area contributed by atoms with Crippen LogP contribution in [0.25, 0.3) is 21.9 Å². The summed E-state index contributed by atoms with van der Waals surface area (Å²) in [6, 6.07) is 16.1. The number of aromatic nitrogens is 3. The van der Waals surface area contributed by atoms with Crippen molar-refractivity contribution >= 4 is 27.8 Å². The molecule has 2 aromatic carbocycles. The second-order valence-electron chi connectivity index (χ2n) is 7.71. The first kappa shape index (κ1) is 18.3. The Bertz CT molecular complexity index is 1090. The minimum atomic E-state index is -0.132. The maximum absolute atomic E-state index is 12.7. The summed E-state index contributed by atoms with van der Waals surface area (Å²) in [5.74, 6) is 1.10. The summed E-state index contributed by atoms with van der Waals surface area (Å²) in [7, 11) is 2.04. The molecule has 144 valence electrons. The number of aromatic amines is 1. The summed E-state index contributed by atoms with van der Waals surface area (Å²) in [5.41, 5.74) is 4.32. The monoisotopic (exact) mass is 374 g/mol. The van der Waals surface area contributed by atoms with E-state index < -0.39 is 0 Å². The fourth-order valence-corrected chi connectivity index (χ4v) is 3.79. The maximum atomic E-state index is 12.7. The summed E-state index contributed by atoms with van der Waals surface area (Å²) < 4.78 is 2.12. The number of benzene rings is 2. The molecule has 0 radical (unpaired) electrons. The van der Waals surface area contributed by atoms with Gasteiger partial charge in [-0.3, -0.25) is 4.79 Å². The summed E-state index contributed by atoms with van der Waals surface area (Å²) in [6.45, 7) is 4.20. The molecule has 5 nitrogen and oxygen atoms in total. The van der Waals surface area contributed by atoms with Gasteiger partial charge in [-0.25, -0.2) is 4.98 Å². The number of hydrogen-bond donors (Lipinski definition) is 2. The average molecular weight is 374 g/mol. The van der Waals surface area contributed by atoms with Crippen LogP contribution < -0.4 is 5.32 Å². The Balaban J connectivity index is 1.47. The number of aryl methyl sites for hydroxylation is 2. The molecule has 4 aromatic rings. The maximum Gasteiger partial charge on any atom is 0.220 e. The highest BCUT2D eigenvalue weighted by molar-refractivity contribution is 5.85. The predicted molar refractivity (Wildman–Crippen MR) is 113 cm³/mol. The largest absolute Gasteiger partial charge is 0.350 e. The number of amides is 1. The van der Waals surface area contributed by atoms with Crippen molar-refractivity contribution in [1.82, 2.24) is 19.9 Å². The van der Waals surface area contributed by atoms with Crippen molar-refractivity contribution in [3.63, 3.8) is 0 Å². The Hall–Kier alpha value is -3.08. The van der Waals surface area contributed by atoms with Gasteiger partial charge >= 0.3 is 0 Å². The lowest BCUT2D eigenvalue weighted by atomic mass is 10.0. The molecule has 0 aliphatic rings. The van der Waals surface area contributed by atoms with Crippen LogP contribution in [0.15, 0.2) is 54.7 Å². The zero-order valence-electron chi connectivity index (χ0n) is 16.6. The zero-order valence-corrected chi connectivity index (χ0v) is 16.6. The van der Waals surface area contributed by atoms with Crippen molar-refractivity contribution in [2.75, 3.05) is 0 Å². The van der Waals surface area contributed by atoms with Crippen LogP contribution in [0.4, 0.5) is 0 Å². The van der Waals surface area contributed by atoms with Gasteiger partial charge in [0.25, 0.3) is 0 Å². The van der Waals surface area contributed by atoms with E-state index in [1.54, 1.807) is 0 Å². The van der Waals surface area contributed by atoms with Crippen LogP contribution in [0.1, 0.15) is 37.7 Å². The first-order chi connectivity index (χ1) is 13.5. The molecule has 0 bridgehead atoms. The number of rotatable bonds is 6. The molecule has 0 spiro atoms. The van der Waals surface area contributed by atoms with Crippen LogP contribution in [-0.4, -0.2) is 20.4 Å². The quantitative estimate of drug-likeness (QED) is 0.522. The van der Waals surface area contributed by atoms with Crippen LogP contribution >= 0.6 is 0 Å². The molecule has 4 rings (SSSR count). The molecule has 2 N–H and O–H groups in total. The van der Waals surface area contributed by atoms with Crippen LogP contribution in [0.3, 0.4) is 0 Å². The lowest BCUT2D eigenvalue weighted by Gasteiger charge is -2.20. The third kappa shape index (κ3) is 3.52. The fourth-order valence-electron chi connectivity index (χ4n) is 3.79.